The molecule has 0 amide bonds. The molecule has 3 rings (SSSR count). The van der Waals surface area contributed by atoms with Gasteiger partial charge in [-0.3, -0.25) is 24.7 Å². The fraction of sp³-hybridized carbons (Fsp3) is 0.609. The van der Waals surface area contributed by atoms with Gasteiger partial charge in [-0.25, -0.2) is 4.79 Å². The predicted octanol–water partition coefficient (Wildman–Crippen LogP) is 1.69. The topological polar surface area (TPSA) is 193 Å². The van der Waals surface area contributed by atoms with E-state index >= 15 is 0 Å². The van der Waals surface area contributed by atoms with Crippen molar-refractivity contribution in [2.24, 2.45) is 0 Å². The van der Waals surface area contributed by atoms with Crippen LogP contribution in [0.15, 0.2) is 6.20 Å². The second-order valence-corrected chi connectivity index (χ2v) is 10.0. The Kier molecular flexibility index (Phi) is 9.16. The molecule has 0 fully saturated rings. The van der Waals surface area contributed by atoms with E-state index in [-0.39, 0.29) is 5.41 Å². The third-order valence-electron chi connectivity index (χ3n) is 5.76. The monoisotopic (exact) mass is 493 g/mol. The SMILES string of the molecule is CN(Cc1cn[nH]c1C(C)(C)C)Cc1n[nH]c2c1CCCC2.O=C(O)CC(O)(CC(=O)O)C(=O)O. The van der Waals surface area contributed by atoms with E-state index in [4.69, 9.17) is 20.4 Å². The zero-order valence-electron chi connectivity index (χ0n) is 20.6. The molecule has 194 valence electrons. The van der Waals surface area contributed by atoms with Crippen molar-refractivity contribution >= 4 is 17.9 Å². The van der Waals surface area contributed by atoms with Crippen LogP contribution >= 0.6 is 0 Å². The molecule has 0 atom stereocenters. The highest BCUT2D eigenvalue weighted by molar-refractivity contribution is 5.88. The minimum absolute atomic E-state index is 0.0954. The molecular weight excluding hydrogens is 458 g/mol. The molecule has 2 heterocycles. The van der Waals surface area contributed by atoms with Gasteiger partial charge in [0.15, 0.2) is 5.60 Å². The number of aliphatic carboxylic acids is 3. The van der Waals surface area contributed by atoms with Crippen molar-refractivity contribution in [3.8, 4) is 0 Å². The van der Waals surface area contributed by atoms with Gasteiger partial charge in [0.2, 0.25) is 0 Å². The van der Waals surface area contributed by atoms with Crippen LogP contribution in [0.4, 0.5) is 0 Å². The highest BCUT2D eigenvalue weighted by Gasteiger charge is 2.40. The average Bonchev–Trinajstić information content (AvgIpc) is 3.34. The van der Waals surface area contributed by atoms with Crippen molar-refractivity contribution in [2.75, 3.05) is 7.05 Å². The number of carboxylic acid groups (broad SMARTS) is 3. The second kappa shape index (κ2) is 11.5. The molecule has 0 bridgehead atoms. The molecule has 2 aromatic rings. The standard InChI is InChI=1S/C17H27N5.C6H8O7/c1-17(2,3)16-12(9-18-21-16)10-22(4)11-15-13-7-5-6-8-14(13)19-20-15;7-3(8)1-6(13,5(11)12)2-4(9)10/h9H,5-8,10-11H2,1-4H3,(H,18,21)(H,19,20);13H,1-2H2,(H,7,8)(H,9,10)(H,11,12). The molecule has 35 heavy (non-hydrogen) atoms. The van der Waals surface area contributed by atoms with Crippen molar-refractivity contribution in [2.45, 2.75) is 83.4 Å². The Bertz CT molecular complexity index is 1020. The van der Waals surface area contributed by atoms with Crippen molar-refractivity contribution < 1.29 is 34.8 Å². The van der Waals surface area contributed by atoms with Crippen molar-refractivity contribution in [1.82, 2.24) is 25.3 Å². The summed E-state index contributed by atoms with van der Waals surface area (Å²) in [5, 5.41) is 49.0. The first kappa shape index (κ1) is 28.0. The third kappa shape index (κ3) is 7.89. The van der Waals surface area contributed by atoms with Gasteiger partial charge in [0, 0.05) is 35.5 Å². The molecule has 0 aromatic carbocycles. The lowest BCUT2D eigenvalue weighted by atomic mass is 9.89. The summed E-state index contributed by atoms with van der Waals surface area (Å²) >= 11 is 0. The molecule has 0 saturated carbocycles. The molecular formula is C23H35N5O7. The summed E-state index contributed by atoms with van der Waals surface area (Å²) in [4.78, 5) is 32.8. The maximum atomic E-state index is 10.3. The molecule has 0 aliphatic heterocycles. The maximum absolute atomic E-state index is 10.3. The van der Waals surface area contributed by atoms with E-state index in [0.29, 0.717) is 0 Å². The van der Waals surface area contributed by atoms with Crippen LogP contribution in [0.1, 0.15) is 74.7 Å². The Morgan fingerprint density at radius 3 is 2.14 bits per heavy atom. The van der Waals surface area contributed by atoms with Crippen LogP contribution in [0.5, 0.6) is 0 Å². The van der Waals surface area contributed by atoms with Crippen LogP contribution in [0.25, 0.3) is 0 Å². The summed E-state index contributed by atoms with van der Waals surface area (Å²) in [6.07, 6.45) is 4.57. The summed E-state index contributed by atoms with van der Waals surface area (Å²) in [5.74, 6) is -5.02. The molecule has 0 spiro atoms. The molecule has 12 nitrogen and oxygen atoms in total. The fourth-order valence-electron chi connectivity index (χ4n) is 4.08. The Hall–Kier alpha value is -3.25. The second-order valence-electron chi connectivity index (χ2n) is 10.0. The van der Waals surface area contributed by atoms with Crippen LogP contribution in [0, 0.1) is 0 Å². The number of hydrogen-bond donors (Lipinski definition) is 6. The number of rotatable bonds is 9. The zero-order valence-corrected chi connectivity index (χ0v) is 20.6. The molecule has 0 radical (unpaired) electrons. The molecule has 0 unspecified atom stereocenters. The number of H-pyrrole nitrogens is 2. The van der Waals surface area contributed by atoms with Gasteiger partial charge in [-0.2, -0.15) is 10.2 Å². The Labute approximate surface area is 203 Å². The minimum atomic E-state index is -2.74. The summed E-state index contributed by atoms with van der Waals surface area (Å²) in [6, 6.07) is 0. The number of aryl methyl sites for hydroxylation is 1. The summed E-state index contributed by atoms with van der Waals surface area (Å²) in [5.41, 5.74) is 3.89. The summed E-state index contributed by atoms with van der Waals surface area (Å²) < 4.78 is 0. The van der Waals surface area contributed by atoms with E-state index in [1.54, 1.807) is 0 Å². The Balaban J connectivity index is 0.000000287. The van der Waals surface area contributed by atoms with Gasteiger partial charge in [-0.05, 0) is 38.3 Å². The molecule has 1 aliphatic carbocycles. The maximum Gasteiger partial charge on any atom is 0.336 e. The van der Waals surface area contributed by atoms with Crippen LogP contribution in [0.3, 0.4) is 0 Å². The predicted molar refractivity (Wildman–Crippen MR) is 125 cm³/mol. The van der Waals surface area contributed by atoms with Crippen LogP contribution in [-0.4, -0.2) is 76.3 Å². The molecule has 1 aliphatic rings. The smallest absolute Gasteiger partial charge is 0.336 e. The quantitative estimate of drug-likeness (QED) is 0.299. The lowest BCUT2D eigenvalue weighted by Gasteiger charge is -2.22. The number of carboxylic acids is 3. The van der Waals surface area contributed by atoms with Crippen molar-refractivity contribution in [1.29, 1.82) is 0 Å². The van der Waals surface area contributed by atoms with Gasteiger partial charge < -0.3 is 20.4 Å². The number of aromatic nitrogens is 4. The highest BCUT2D eigenvalue weighted by Crippen LogP contribution is 2.26. The number of nitrogens with zero attached hydrogens (tertiary/aromatic N) is 3. The largest absolute Gasteiger partial charge is 0.481 e. The van der Waals surface area contributed by atoms with E-state index in [1.165, 1.54) is 47.5 Å². The van der Waals surface area contributed by atoms with E-state index in [1.807, 2.05) is 6.20 Å². The third-order valence-corrected chi connectivity index (χ3v) is 5.76. The van der Waals surface area contributed by atoms with E-state index in [9.17, 15) is 14.4 Å². The summed E-state index contributed by atoms with van der Waals surface area (Å²) in [6.45, 7) is 8.43. The van der Waals surface area contributed by atoms with Gasteiger partial charge in [-0.1, -0.05) is 20.8 Å². The number of fused-ring (bicyclic) bond motifs is 1. The number of aromatic amines is 2. The molecule has 0 saturated heterocycles. The Morgan fingerprint density at radius 1 is 1.00 bits per heavy atom. The lowest BCUT2D eigenvalue weighted by molar-refractivity contribution is -0.170. The van der Waals surface area contributed by atoms with Gasteiger partial charge >= 0.3 is 17.9 Å². The molecule has 12 heteroatoms. The minimum Gasteiger partial charge on any atom is -0.481 e. The highest BCUT2D eigenvalue weighted by atomic mass is 16.4. The average molecular weight is 494 g/mol. The van der Waals surface area contributed by atoms with Crippen molar-refractivity contribution in [3.63, 3.8) is 0 Å². The normalized spacial score (nSPS) is 13.7. The van der Waals surface area contributed by atoms with Gasteiger partial charge in [0.1, 0.15) is 0 Å². The zero-order chi connectivity index (χ0) is 26.4. The van der Waals surface area contributed by atoms with Crippen LogP contribution in [0.2, 0.25) is 0 Å². The molecule has 6 N–H and O–H groups in total. The van der Waals surface area contributed by atoms with Gasteiger partial charge in [-0.15, -0.1) is 0 Å². The lowest BCUT2D eigenvalue weighted by Crippen LogP contribution is -2.42. The van der Waals surface area contributed by atoms with Gasteiger partial charge in [0.25, 0.3) is 0 Å². The Morgan fingerprint density at radius 2 is 1.60 bits per heavy atom. The number of hydrogen-bond acceptors (Lipinski definition) is 7. The van der Waals surface area contributed by atoms with Crippen molar-refractivity contribution in [3.05, 3.63) is 34.4 Å². The number of aliphatic hydroxyl groups is 1. The first-order chi connectivity index (χ1) is 16.2. The van der Waals surface area contributed by atoms with Crippen LogP contribution < -0.4 is 0 Å². The first-order valence-corrected chi connectivity index (χ1v) is 11.4. The first-order valence-electron chi connectivity index (χ1n) is 11.4. The van der Waals surface area contributed by atoms with E-state index < -0.39 is 36.4 Å². The number of nitrogens with one attached hydrogen (secondary N) is 2. The molecule has 2 aromatic heterocycles. The van der Waals surface area contributed by atoms with E-state index in [0.717, 1.165) is 19.5 Å². The summed E-state index contributed by atoms with van der Waals surface area (Å²) in [7, 11) is 2.16. The van der Waals surface area contributed by atoms with Gasteiger partial charge in [0.05, 0.1) is 24.7 Å². The van der Waals surface area contributed by atoms with E-state index in [2.05, 4.69) is 53.1 Å². The fourth-order valence-corrected chi connectivity index (χ4v) is 4.08. The number of carbonyl (C=O) groups is 3. The van der Waals surface area contributed by atoms with Crippen LogP contribution in [-0.2, 0) is 45.7 Å².